The Morgan fingerprint density at radius 1 is 1.27 bits per heavy atom. The first-order valence-electron chi connectivity index (χ1n) is 6.56. The molecule has 2 nitrogen and oxygen atoms in total. The number of piperidine rings is 1. The van der Waals surface area contributed by atoms with E-state index < -0.39 is 0 Å². The lowest BCUT2D eigenvalue weighted by atomic mass is 9.75. The number of hydrogen-bond donors (Lipinski definition) is 1. The summed E-state index contributed by atoms with van der Waals surface area (Å²) in [7, 11) is 0. The topological polar surface area (TPSA) is 23.5 Å². The van der Waals surface area contributed by atoms with Gasteiger partial charge < -0.3 is 10.0 Å². The third-order valence-corrected chi connectivity index (χ3v) is 4.43. The van der Waals surface area contributed by atoms with Crippen LogP contribution in [0.25, 0.3) is 0 Å². The molecular weight excluding hydrogens is 186 g/mol. The van der Waals surface area contributed by atoms with Crippen LogP contribution in [0, 0.1) is 11.8 Å². The average molecular weight is 211 g/mol. The highest BCUT2D eigenvalue weighted by Gasteiger charge is 2.33. The Morgan fingerprint density at radius 3 is 2.33 bits per heavy atom. The van der Waals surface area contributed by atoms with Gasteiger partial charge in [-0.05, 0) is 43.9 Å². The molecule has 1 N–H and O–H groups in total. The normalized spacial score (nSPS) is 36.2. The van der Waals surface area contributed by atoms with Gasteiger partial charge in [-0.25, -0.2) is 0 Å². The van der Waals surface area contributed by atoms with Crippen LogP contribution in [-0.4, -0.2) is 35.2 Å². The summed E-state index contributed by atoms with van der Waals surface area (Å²) in [4.78, 5) is 2.56. The van der Waals surface area contributed by atoms with Crippen LogP contribution in [0.5, 0.6) is 0 Å². The van der Waals surface area contributed by atoms with E-state index >= 15 is 0 Å². The van der Waals surface area contributed by atoms with E-state index in [4.69, 9.17) is 0 Å². The second-order valence-electron chi connectivity index (χ2n) is 5.82. The van der Waals surface area contributed by atoms with E-state index in [0.29, 0.717) is 0 Å². The number of hydrogen-bond acceptors (Lipinski definition) is 2. The highest BCUT2D eigenvalue weighted by molar-refractivity contribution is 4.87. The molecule has 0 spiro atoms. The lowest BCUT2D eigenvalue weighted by Gasteiger charge is -2.42. The lowest BCUT2D eigenvalue weighted by molar-refractivity contribution is -0.0310. The molecule has 0 aromatic rings. The summed E-state index contributed by atoms with van der Waals surface area (Å²) in [5.41, 5.74) is -0.344. The van der Waals surface area contributed by atoms with Gasteiger partial charge in [-0.15, -0.1) is 0 Å². The van der Waals surface area contributed by atoms with Crippen molar-refractivity contribution in [3.8, 4) is 0 Å². The quantitative estimate of drug-likeness (QED) is 0.774. The molecule has 0 amide bonds. The van der Waals surface area contributed by atoms with Crippen molar-refractivity contribution < 1.29 is 5.11 Å². The summed E-state index contributed by atoms with van der Waals surface area (Å²) in [6.07, 6.45) is 5.72. The number of likely N-dealkylation sites (tertiary alicyclic amines) is 1. The zero-order valence-corrected chi connectivity index (χ0v) is 10.2. The van der Waals surface area contributed by atoms with Gasteiger partial charge in [0.25, 0.3) is 0 Å². The van der Waals surface area contributed by atoms with Gasteiger partial charge in [-0.2, -0.15) is 0 Å². The molecule has 1 saturated heterocycles. The van der Waals surface area contributed by atoms with Crippen molar-refractivity contribution in [1.29, 1.82) is 0 Å². The summed E-state index contributed by atoms with van der Waals surface area (Å²) >= 11 is 0. The second kappa shape index (κ2) is 4.42. The molecule has 1 aliphatic carbocycles. The Bertz CT molecular complexity index is 203. The van der Waals surface area contributed by atoms with Crippen molar-refractivity contribution in [3.05, 3.63) is 0 Å². The van der Waals surface area contributed by atoms with Crippen molar-refractivity contribution in [2.75, 3.05) is 19.6 Å². The zero-order valence-electron chi connectivity index (χ0n) is 10.2. The van der Waals surface area contributed by atoms with E-state index in [1.54, 1.807) is 0 Å². The third-order valence-electron chi connectivity index (χ3n) is 4.43. The van der Waals surface area contributed by atoms with E-state index in [1.807, 2.05) is 0 Å². The van der Waals surface area contributed by atoms with E-state index in [9.17, 15) is 5.11 Å². The monoisotopic (exact) mass is 211 g/mol. The molecule has 1 heterocycles. The molecule has 2 heteroatoms. The Morgan fingerprint density at radius 2 is 1.87 bits per heavy atom. The summed E-state index contributed by atoms with van der Waals surface area (Å²) in [5, 5.41) is 10.1. The van der Waals surface area contributed by atoms with Crippen molar-refractivity contribution in [2.24, 2.45) is 11.8 Å². The molecule has 1 aliphatic heterocycles. The molecule has 0 atom stereocenters. The molecule has 2 rings (SSSR count). The van der Waals surface area contributed by atoms with Gasteiger partial charge in [-0.1, -0.05) is 13.8 Å². The van der Waals surface area contributed by atoms with Crippen LogP contribution in [0.2, 0.25) is 0 Å². The maximum Gasteiger partial charge on any atom is 0.0669 e. The van der Waals surface area contributed by atoms with Crippen LogP contribution in [0.15, 0.2) is 0 Å². The van der Waals surface area contributed by atoms with Gasteiger partial charge in [0.15, 0.2) is 0 Å². The van der Waals surface area contributed by atoms with Crippen molar-refractivity contribution in [1.82, 2.24) is 4.90 Å². The molecule has 2 fully saturated rings. The van der Waals surface area contributed by atoms with Crippen molar-refractivity contribution in [3.63, 3.8) is 0 Å². The summed E-state index contributed by atoms with van der Waals surface area (Å²) < 4.78 is 0. The fourth-order valence-corrected chi connectivity index (χ4v) is 3.09. The molecule has 15 heavy (non-hydrogen) atoms. The second-order valence-corrected chi connectivity index (χ2v) is 5.82. The largest absolute Gasteiger partial charge is 0.390 e. The molecule has 0 radical (unpaired) electrons. The molecule has 2 aliphatic rings. The van der Waals surface area contributed by atoms with Crippen LogP contribution >= 0.6 is 0 Å². The fraction of sp³-hybridized carbons (Fsp3) is 1.00. The summed E-state index contributed by atoms with van der Waals surface area (Å²) in [6.45, 7) is 7.94. The van der Waals surface area contributed by atoms with E-state index in [2.05, 4.69) is 18.7 Å². The minimum absolute atomic E-state index is 0.344. The van der Waals surface area contributed by atoms with Gasteiger partial charge in [0, 0.05) is 19.6 Å². The standard InChI is InChI=1S/C13H25NO/c1-3-13(15)4-6-14(7-5-13)10-12-8-11(2)9-12/h11-12,15H,3-10H2,1-2H3. The Labute approximate surface area is 93.7 Å². The number of aliphatic hydroxyl groups is 1. The Kier molecular flexibility index (Phi) is 3.36. The van der Waals surface area contributed by atoms with Crippen LogP contribution in [0.3, 0.4) is 0 Å². The minimum atomic E-state index is -0.344. The van der Waals surface area contributed by atoms with E-state index in [0.717, 1.165) is 44.2 Å². The van der Waals surface area contributed by atoms with Gasteiger partial charge in [0.2, 0.25) is 0 Å². The van der Waals surface area contributed by atoms with Crippen LogP contribution in [0.4, 0.5) is 0 Å². The molecule has 0 unspecified atom stereocenters. The summed E-state index contributed by atoms with van der Waals surface area (Å²) in [5.74, 6) is 1.92. The SMILES string of the molecule is CCC1(O)CCN(CC2CC(C)C2)CC1. The maximum atomic E-state index is 10.1. The number of rotatable bonds is 3. The smallest absolute Gasteiger partial charge is 0.0669 e. The first-order chi connectivity index (χ1) is 7.11. The van der Waals surface area contributed by atoms with Crippen molar-refractivity contribution >= 4 is 0 Å². The minimum Gasteiger partial charge on any atom is -0.390 e. The first kappa shape index (κ1) is 11.4. The molecular formula is C13H25NO. The average Bonchev–Trinajstić information content (AvgIpc) is 2.19. The predicted octanol–water partition coefficient (Wildman–Crippen LogP) is 2.27. The third kappa shape index (κ3) is 2.73. The van der Waals surface area contributed by atoms with E-state index in [1.165, 1.54) is 19.4 Å². The molecule has 88 valence electrons. The highest BCUT2D eigenvalue weighted by Crippen LogP contribution is 2.34. The van der Waals surface area contributed by atoms with Crippen LogP contribution < -0.4 is 0 Å². The Hall–Kier alpha value is -0.0800. The lowest BCUT2D eigenvalue weighted by Crippen LogP contribution is -2.46. The van der Waals surface area contributed by atoms with E-state index in [-0.39, 0.29) is 5.60 Å². The fourth-order valence-electron chi connectivity index (χ4n) is 3.09. The maximum absolute atomic E-state index is 10.1. The highest BCUT2D eigenvalue weighted by atomic mass is 16.3. The van der Waals surface area contributed by atoms with Crippen molar-refractivity contribution in [2.45, 2.75) is 51.6 Å². The molecule has 0 aromatic carbocycles. The number of nitrogens with zero attached hydrogens (tertiary/aromatic N) is 1. The van der Waals surface area contributed by atoms with Crippen LogP contribution in [-0.2, 0) is 0 Å². The molecule has 1 saturated carbocycles. The van der Waals surface area contributed by atoms with Gasteiger partial charge >= 0.3 is 0 Å². The Balaban J connectivity index is 1.70. The van der Waals surface area contributed by atoms with Gasteiger partial charge in [-0.3, -0.25) is 0 Å². The van der Waals surface area contributed by atoms with Crippen LogP contribution in [0.1, 0.15) is 46.0 Å². The predicted molar refractivity (Wildman–Crippen MR) is 62.8 cm³/mol. The summed E-state index contributed by atoms with van der Waals surface area (Å²) in [6, 6.07) is 0. The first-order valence-corrected chi connectivity index (χ1v) is 6.56. The van der Waals surface area contributed by atoms with Gasteiger partial charge in [0.05, 0.1) is 5.60 Å². The molecule has 0 aromatic heterocycles. The zero-order chi connectivity index (χ0) is 10.9. The van der Waals surface area contributed by atoms with Gasteiger partial charge in [0.1, 0.15) is 0 Å². The molecule has 0 bridgehead atoms.